The summed E-state index contributed by atoms with van der Waals surface area (Å²) < 4.78 is 13.2. The van der Waals surface area contributed by atoms with E-state index in [0.717, 1.165) is 5.75 Å². The van der Waals surface area contributed by atoms with E-state index >= 15 is 0 Å². The van der Waals surface area contributed by atoms with Crippen molar-refractivity contribution in [3.63, 3.8) is 0 Å². The van der Waals surface area contributed by atoms with Gasteiger partial charge in [0, 0.05) is 18.1 Å². The lowest BCUT2D eigenvalue weighted by Gasteiger charge is -2.03. The van der Waals surface area contributed by atoms with Crippen LogP contribution in [0.15, 0.2) is 36.9 Å². The van der Waals surface area contributed by atoms with Gasteiger partial charge in [0.1, 0.15) is 5.82 Å². The summed E-state index contributed by atoms with van der Waals surface area (Å²) in [6, 6.07) is 6.71. The van der Waals surface area contributed by atoms with E-state index in [9.17, 15) is 9.18 Å². The fourth-order valence-corrected chi connectivity index (χ4v) is 1.96. The highest BCUT2D eigenvalue weighted by molar-refractivity contribution is 7.98. The van der Waals surface area contributed by atoms with E-state index in [0.29, 0.717) is 17.9 Å². The number of amides is 1. The van der Waals surface area contributed by atoms with Crippen molar-refractivity contribution >= 4 is 17.7 Å². The summed E-state index contributed by atoms with van der Waals surface area (Å²) in [5, 5.41) is 2.66. The zero-order valence-corrected chi connectivity index (χ0v) is 9.73. The molecular weight excluding hydrogens is 225 g/mol. The standard InChI is InChI=1S/C12H14FNOS/c1-2-12(15)14-7-8-16-9-10-5-3-4-6-11(10)13/h2-6H,1,7-9H2,(H,14,15). The van der Waals surface area contributed by atoms with E-state index in [4.69, 9.17) is 0 Å². The molecule has 0 aliphatic heterocycles. The first-order chi connectivity index (χ1) is 7.74. The molecule has 2 nitrogen and oxygen atoms in total. The molecule has 0 fully saturated rings. The monoisotopic (exact) mass is 239 g/mol. The number of hydrogen-bond acceptors (Lipinski definition) is 2. The van der Waals surface area contributed by atoms with Crippen molar-refractivity contribution in [1.29, 1.82) is 0 Å². The number of carbonyl (C=O) groups is 1. The molecule has 0 unspecified atom stereocenters. The van der Waals surface area contributed by atoms with Gasteiger partial charge in [-0.05, 0) is 17.7 Å². The Labute approximate surface area is 98.9 Å². The number of rotatable bonds is 6. The topological polar surface area (TPSA) is 29.1 Å². The molecule has 86 valence electrons. The molecule has 1 rings (SSSR count). The highest BCUT2D eigenvalue weighted by Crippen LogP contribution is 2.14. The molecule has 0 aromatic heterocycles. The van der Waals surface area contributed by atoms with Crippen molar-refractivity contribution in [1.82, 2.24) is 5.32 Å². The maximum absolute atomic E-state index is 13.2. The predicted octanol–water partition coefficient (Wildman–Crippen LogP) is 2.36. The van der Waals surface area contributed by atoms with E-state index in [1.54, 1.807) is 23.9 Å². The van der Waals surface area contributed by atoms with Crippen molar-refractivity contribution in [2.45, 2.75) is 5.75 Å². The summed E-state index contributed by atoms with van der Waals surface area (Å²) in [6.45, 7) is 3.92. The number of halogens is 1. The summed E-state index contributed by atoms with van der Waals surface area (Å²) in [6.07, 6.45) is 1.24. The van der Waals surface area contributed by atoms with Gasteiger partial charge in [-0.3, -0.25) is 4.79 Å². The van der Waals surface area contributed by atoms with Gasteiger partial charge in [-0.15, -0.1) is 0 Å². The van der Waals surface area contributed by atoms with Crippen LogP contribution in [0.1, 0.15) is 5.56 Å². The predicted molar refractivity (Wildman–Crippen MR) is 65.8 cm³/mol. The Hall–Kier alpha value is -1.29. The molecule has 0 heterocycles. The largest absolute Gasteiger partial charge is 0.352 e. The van der Waals surface area contributed by atoms with Crippen LogP contribution in [-0.2, 0) is 10.5 Å². The molecule has 4 heteroatoms. The SMILES string of the molecule is C=CC(=O)NCCSCc1ccccc1F. The van der Waals surface area contributed by atoms with Crippen LogP contribution < -0.4 is 5.32 Å². The van der Waals surface area contributed by atoms with Crippen LogP contribution in [0.4, 0.5) is 4.39 Å². The Morgan fingerprint density at radius 3 is 2.94 bits per heavy atom. The Bertz CT molecular complexity index is 368. The first-order valence-electron chi connectivity index (χ1n) is 4.95. The van der Waals surface area contributed by atoms with Gasteiger partial charge in [0.25, 0.3) is 0 Å². The maximum atomic E-state index is 13.2. The third-order valence-corrected chi connectivity index (χ3v) is 2.95. The molecule has 16 heavy (non-hydrogen) atoms. The fourth-order valence-electron chi connectivity index (χ4n) is 1.12. The zero-order valence-electron chi connectivity index (χ0n) is 8.91. The lowest BCUT2D eigenvalue weighted by molar-refractivity contribution is -0.116. The minimum atomic E-state index is -0.176. The lowest BCUT2D eigenvalue weighted by Crippen LogP contribution is -2.23. The molecule has 1 aromatic rings. The highest BCUT2D eigenvalue weighted by atomic mass is 32.2. The van der Waals surface area contributed by atoms with Crippen LogP contribution in [0.25, 0.3) is 0 Å². The van der Waals surface area contributed by atoms with Crippen molar-refractivity contribution in [3.05, 3.63) is 48.3 Å². The van der Waals surface area contributed by atoms with Crippen molar-refractivity contribution in [3.8, 4) is 0 Å². The number of carbonyl (C=O) groups excluding carboxylic acids is 1. The molecule has 0 aliphatic rings. The Morgan fingerprint density at radius 2 is 2.25 bits per heavy atom. The molecular formula is C12H14FNOS. The second-order valence-electron chi connectivity index (χ2n) is 3.14. The van der Waals surface area contributed by atoms with E-state index < -0.39 is 0 Å². The van der Waals surface area contributed by atoms with Crippen LogP contribution in [0.5, 0.6) is 0 Å². The van der Waals surface area contributed by atoms with Gasteiger partial charge < -0.3 is 5.32 Å². The number of hydrogen-bond donors (Lipinski definition) is 1. The molecule has 1 amide bonds. The highest BCUT2D eigenvalue weighted by Gasteiger charge is 2.00. The molecule has 1 aromatic carbocycles. The van der Waals surface area contributed by atoms with Crippen LogP contribution in [-0.4, -0.2) is 18.2 Å². The van der Waals surface area contributed by atoms with E-state index in [-0.39, 0.29) is 11.7 Å². The Morgan fingerprint density at radius 1 is 1.50 bits per heavy atom. The fraction of sp³-hybridized carbons (Fsp3) is 0.250. The maximum Gasteiger partial charge on any atom is 0.243 e. The molecule has 0 spiro atoms. The first-order valence-corrected chi connectivity index (χ1v) is 6.11. The quantitative estimate of drug-likeness (QED) is 0.610. The molecule has 0 bridgehead atoms. The summed E-state index contributed by atoms with van der Waals surface area (Å²) in [5.41, 5.74) is 0.697. The van der Waals surface area contributed by atoms with Crippen LogP contribution >= 0.6 is 11.8 Å². The lowest BCUT2D eigenvalue weighted by atomic mass is 10.2. The third-order valence-electron chi connectivity index (χ3n) is 1.95. The second kappa shape index (κ2) is 7.06. The number of benzene rings is 1. The number of nitrogens with one attached hydrogen (secondary N) is 1. The van der Waals surface area contributed by atoms with Gasteiger partial charge in [-0.2, -0.15) is 11.8 Å². The average Bonchev–Trinajstić information content (AvgIpc) is 2.30. The molecule has 0 radical (unpaired) electrons. The van der Waals surface area contributed by atoms with E-state index in [2.05, 4.69) is 11.9 Å². The molecule has 0 atom stereocenters. The Balaban J connectivity index is 2.19. The van der Waals surface area contributed by atoms with Gasteiger partial charge in [-0.25, -0.2) is 4.39 Å². The summed E-state index contributed by atoms with van der Waals surface area (Å²) in [4.78, 5) is 10.8. The van der Waals surface area contributed by atoms with E-state index in [1.165, 1.54) is 12.1 Å². The van der Waals surface area contributed by atoms with Crippen LogP contribution in [0.3, 0.4) is 0 Å². The van der Waals surface area contributed by atoms with Crippen molar-refractivity contribution < 1.29 is 9.18 Å². The van der Waals surface area contributed by atoms with Crippen LogP contribution in [0.2, 0.25) is 0 Å². The molecule has 0 aliphatic carbocycles. The minimum Gasteiger partial charge on any atom is -0.352 e. The van der Waals surface area contributed by atoms with Gasteiger partial charge >= 0.3 is 0 Å². The van der Waals surface area contributed by atoms with E-state index in [1.807, 2.05) is 6.07 Å². The third kappa shape index (κ3) is 4.49. The molecule has 1 N–H and O–H groups in total. The molecule has 0 saturated carbocycles. The van der Waals surface area contributed by atoms with Crippen LogP contribution in [0, 0.1) is 5.82 Å². The van der Waals surface area contributed by atoms with Gasteiger partial charge in [0.05, 0.1) is 0 Å². The van der Waals surface area contributed by atoms with Gasteiger partial charge in [0.15, 0.2) is 0 Å². The summed E-state index contributed by atoms with van der Waals surface area (Å²) in [5.74, 6) is 1.03. The van der Waals surface area contributed by atoms with Crippen molar-refractivity contribution in [2.75, 3.05) is 12.3 Å². The molecule has 0 saturated heterocycles. The Kier molecular flexibility index (Phi) is 5.64. The summed E-state index contributed by atoms with van der Waals surface area (Å²) in [7, 11) is 0. The second-order valence-corrected chi connectivity index (χ2v) is 4.24. The minimum absolute atomic E-state index is 0.175. The van der Waals surface area contributed by atoms with Gasteiger partial charge in [-0.1, -0.05) is 24.8 Å². The van der Waals surface area contributed by atoms with Gasteiger partial charge in [0.2, 0.25) is 5.91 Å². The normalized spacial score (nSPS) is 9.81. The first kappa shape index (κ1) is 12.8. The number of thioether (sulfide) groups is 1. The average molecular weight is 239 g/mol. The zero-order chi connectivity index (χ0) is 11.8. The summed E-state index contributed by atoms with van der Waals surface area (Å²) >= 11 is 1.58. The smallest absolute Gasteiger partial charge is 0.243 e. The van der Waals surface area contributed by atoms with Crippen molar-refractivity contribution in [2.24, 2.45) is 0 Å².